The van der Waals surface area contributed by atoms with Crippen molar-refractivity contribution in [2.24, 2.45) is 0 Å². The van der Waals surface area contributed by atoms with Gasteiger partial charge in [0.05, 0.1) is 0 Å². The molecule has 0 saturated carbocycles. The number of quaternary nitrogens is 2. The van der Waals surface area contributed by atoms with Gasteiger partial charge < -0.3 is 20.8 Å². The first-order valence-corrected chi connectivity index (χ1v) is 6.94. The Bertz CT molecular complexity index is 500. The molecule has 6 N–H and O–H groups in total. The molecular weight excluding hydrogens is 316 g/mol. The second kappa shape index (κ2) is 9.42. The average Bonchev–Trinajstić information content (AvgIpc) is 2.46. The third-order valence-corrected chi connectivity index (χ3v) is 3.29. The summed E-state index contributed by atoms with van der Waals surface area (Å²) in [6.45, 7) is 3.53. The largest absolute Gasteiger partial charge is 0.507 e. The molecule has 0 spiro atoms. The number of aromatic hydroxyl groups is 2. The molecule has 0 unspecified atom stereocenters. The summed E-state index contributed by atoms with van der Waals surface area (Å²) in [6.07, 6.45) is 0. The van der Waals surface area contributed by atoms with Gasteiger partial charge in [0.1, 0.15) is 37.7 Å². The molecule has 1 radical (unpaired) electrons. The van der Waals surface area contributed by atoms with Crippen LogP contribution in [0, 0.1) is 0 Å². The summed E-state index contributed by atoms with van der Waals surface area (Å²) in [6, 6.07) is 14.9. The summed E-state index contributed by atoms with van der Waals surface area (Å²) in [7, 11) is 0. The smallest absolute Gasteiger partial charge is 0.125 e. The van der Waals surface area contributed by atoms with Crippen LogP contribution in [0.2, 0.25) is 0 Å². The van der Waals surface area contributed by atoms with Gasteiger partial charge in [0.15, 0.2) is 0 Å². The van der Waals surface area contributed by atoms with E-state index in [1.165, 1.54) is 0 Å². The van der Waals surface area contributed by atoms with E-state index < -0.39 is 0 Å². The van der Waals surface area contributed by atoms with Crippen molar-refractivity contribution in [1.29, 1.82) is 0 Å². The molecule has 0 bridgehead atoms. The fourth-order valence-electron chi connectivity index (χ4n) is 2.12. The Labute approximate surface area is 135 Å². The summed E-state index contributed by atoms with van der Waals surface area (Å²) in [5.74, 6) is 0.726. The van der Waals surface area contributed by atoms with Crippen LogP contribution in [0.25, 0.3) is 0 Å². The van der Waals surface area contributed by atoms with Gasteiger partial charge in [-0.05, 0) is 24.3 Å². The van der Waals surface area contributed by atoms with Gasteiger partial charge in [-0.2, -0.15) is 0 Å². The van der Waals surface area contributed by atoms with Gasteiger partial charge in [0, 0.05) is 28.2 Å². The van der Waals surface area contributed by atoms with Crippen LogP contribution < -0.4 is 10.6 Å². The zero-order valence-electron chi connectivity index (χ0n) is 11.8. The zero-order valence-corrected chi connectivity index (χ0v) is 12.7. The van der Waals surface area contributed by atoms with Gasteiger partial charge in [-0.15, -0.1) is 0 Å². The van der Waals surface area contributed by atoms with Gasteiger partial charge >= 0.3 is 0 Å². The molecule has 0 aliphatic rings. The van der Waals surface area contributed by atoms with E-state index in [1.807, 2.05) is 36.4 Å². The molecule has 0 aromatic heterocycles. The Kier molecular flexibility index (Phi) is 7.87. The van der Waals surface area contributed by atoms with E-state index in [0.29, 0.717) is 11.5 Å². The van der Waals surface area contributed by atoms with Crippen molar-refractivity contribution >= 4 is 0 Å². The molecule has 2 aromatic rings. The van der Waals surface area contributed by atoms with Gasteiger partial charge in [-0.1, -0.05) is 24.3 Å². The van der Waals surface area contributed by atoms with Gasteiger partial charge in [-0.3, -0.25) is 0 Å². The topological polar surface area (TPSA) is 73.7 Å². The van der Waals surface area contributed by atoms with Crippen LogP contribution in [0.3, 0.4) is 0 Å². The SMILES string of the molecule is Oc1ccccc1C[NH2+]CC[NH2+]Cc1ccccc1O.[Cu]. The van der Waals surface area contributed by atoms with E-state index in [4.69, 9.17) is 0 Å². The number of benzene rings is 2. The van der Waals surface area contributed by atoms with Crippen LogP contribution >= 0.6 is 0 Å². The Balaban J connectivity index is 0.00000220. The normalized spacial score (nSPS) is 10.1. The number of phenolic OH excluding ortho intramolecular Hbond substituents is 2. The zero-order chi connectivity index (χ0) is 14.2. The Morgan fingerprint density at radius 2 is 1.05 bits per heavy atom. The number of para-hydroxylation sites is 2. The second-order valence-corrected chi connectivity index (χ2v) is 4.82. The molecule has 0 atom stereocenters. The van der Waals surface area contributed by atoms with Crippen molar-refractivity contribution in [2.45, 2.75) is 13.1 Å². The molecule has 2 rings (SSSR count). The van der Waals surface area contributed by atoms with Crippen molar-refractivity contribution in [2.75, 3.05) is 13.1 Å². The number of hydrogen-bond donors (Lipinski definition) is 4. The van der Waals surface area contributed by atoms with E-state index in [2.05, 4.69) is 10.6 Å². The molecule has 0 aliphatic heterocycles. The molecule has 0 saturated heterocycles. The van der Waals surface area contributed by atoms with Crippen molar-refractivity contribution < 1.29 is 37.9 Å². The molecule has 0 amide bonds. The minimum Gasteiger partial charge on any atom is -0.507 e. The summed E-state index contributed by atoms with van der Waals surface area (Å²) in [4.78, 5) is 0. The van der Waals surface area contributed by atoms with E-state index in [9.17, 15) is 10.2 Å². The first kappa shape index (κ1) is 17.5. The van der Waals surface area contributed by atoms with E-state index in [1.54, 1.807) is 12.1 Å². The Morgan fingerprint density at radius 1 is 0.667 bits per heavy atom. The first-order valence-electron chi connectivity index (χ1n) is 6.94. The van der Waals surface area contributed by atoms with Gasteiger partial charge in [-0.25, -0.2) is 0 Å². The van der Waals surface area contributed by atoms with Gasteiger partial charge in [0.25, 0.3) is 0 Å². The molecule has 117 valence electrons. The first-order chi connectivity index (χ1) is 9.77. The van der Waals surface area contributed by atoms with Crippen LogP contribution in [-0.2, 0) is 30.2 Å². The standard InChI is InChI=1S/C16H20N2O2.Cu/c19-15-7-3-1-5-13(15)11-17-9-10-18-12-14-6-2-4-8-16(14)20;/h1-8,17-20H,9-12H2;/p+2. The third kappa shape index (κ3) is 5.77. The summed E-state index contributed by atoms with van der Waals surface area (Å²) < 4.78 is 0. The molecular formula is C16H22CuN2O2+2. The van der Waals surface area contributed by atoms with Gasteiger partial charge in [0.2, 0.25) is 0 Å². The van der Waals surface area contributed by atoms with Crippen molar-refractivity contribution in [1.82, 2.24) is 0 Å². The molecule has 0 fully saturated rings. The molecule has 21 heavy (non-hydrogen) atoms. The number of nitrogens with two attached hydrogens (primary N) is 2. The van der Waals surface area contributed by atoms with Crippen molar-refractivity contribution in [3.63, 3.8) is 0 Å². The average molecular weight is 338 g/mol. The monoisotopic (exact) mass is 337 g/mol. The maximum Gasteiger partial charge on any atom is 0.125 e. The minimum atomic E-state index is 0. The van der Waals surface area contributed by atoms with Crippen LogP contribution in [0.15, 0.2) is 48.5 Å². The molecule has 2 aromatic carbocycles. The molecule has 0 aliphatic carbocycles. The fraction of sp³-hybridized carbons (Fsp3) is 0.250. The quantitative estimate of drug-likeness (QED) is 0.421. The molecule has 5 heteroatoms. The van der Waals surface area contributed by atoms with Crippen LogP contribution in [0.5, 0.6) is 11.5 Å². The maximum absolute atomic E-state index is 9.64. The van der Waals surface area contributed by atoms with Crippen LogP contribution in [0.4, 0.5) is 0 Å². The Morgan fingerprint density at radius 3 is 1.43 bits per heavy atom. The minimum absolute atomic E-state index is 0. The molecule has 4 nitrogen and oxygen atoms in total. The summed E-state index contributed by atoms with van der Waals surface area (Å²) in [5, 5.41) is 23.6. The van der Waals surface area contributed by atoms with Crippen LogP contribution in [-0.4, -0.2) is 23.3 Å². The third-order valence-electron chi connectivity index (χ3n) is 3.29. The Hall–Kier alpha value is -1.52. The number of rotatable bonds is 7. The van der Waals surface area contributed by atoms with Crippen molar-refractivity contribution in [3.8, 4) is 11.5 Å². The van der Waals surface area contributed by atoms with E-state index in [0.717, 1.165) is 37.3 Å². The van der Waals surface area contributed by atoms with Crippen LogP contribution in [0.1, 0.15) is 11.1 Å². The number of hydrogen-bond acceptors (Lipinski definition) is 2. The van der Waals surface area contributed by atoms with E-state index >= 15 is 0 Å². The number of phenols is 2. The fourth-order valence-corrected chi connectivity index (χ4v) is 2.12. The van der Waals surface area contributed by atoms with Crippen molar-refractivity contribution in [3.05, 3.63) is 59.7 Å². The summed E-state index contributed by atoms with van der Waals surface area (Å²) >= 11 is 0. The molecule has 0 heterocycles. The predicted molar refractivity (Wildman–Crippen MR) is 77.2 cm³/mol. The van der Waals surface area contributed by atoms with E-state index in [-0.39, 0.29) is 17.1 Å². The predicted octanol–water partition coefficient (Wildman–Crippen LogP) is -0.0777. The summed E-state index contributed by atoms with van der Waals surface area (Å²) in [5.41, 5.74) is 1.93. The maximum atomic E-state index is 9.64. The second-order valence-electron chi connectivity index (χ2n) is 4.82.